The van der Waals surface area contributed by atoms with Gasteiger partial charge >= 0.3 is 5.56 Å². The molecule has 0 atom stereocenters. The summed E-state index contributed by atoms with van der Waals surface area (Å²) in [5, 5.41) is 4.17. The molecule has 0 radical (unpaired) electrons. The Morgan fingerprint density at radius 1 is 1.00 bits per heavy atom. The summed E-state index contributed by atoms with van der Waals surface area (Å²) in [6, 6.07) is 12.7. The highest BCUT2D eigenvalue weighted by Gasteiger charge is 2.45. The van der Waals surface area contributed by atoms with Gasteiger partial charge in [-0.15, -0.1) is 0 Å². The molecule has 1 saturated carbocycles. The molecule has 190 valence electrons. The van der Waals surface area contributed by atoms with Gasteiger partial charge in [0.2, 0.25) is 15.8 Å². The van der Waals surface area contributed by atoms with Crippen LogP contribution < -0.4 is 15.2 Å². The van der Waals surface area contributed by atoms with E-state index in [1.165, 1.54) is 10.5 Å². The standard InChI is InChI=1S/C25H26F2N4O4S/c1-36(33,34)30-11-9-29(10-12-30)22-16-28-31(21-14-19(26)13-20(27)15-21)24(32)23(22)35-17-25(7-8-25)18-5-3-2-4-6-18/h2-6,13-16H,7-12,17H2,1H3. The van der Waals surface area contributed by atoms with Crippen LogP contribution >= 0.6 is 0 Å². The zero-order chi connectivity index (χ0) is 25.5. The Balaban J connectivity index is 1.50. The summed E-state index contributed by atoms with van der Waals surface area (Å²) in [7, 11) is -3.33. The van der Waals surface area contributed by atoms with Gasteiger partial charge in [0.25, 0.3) is 0 Å². The van der Waals surface area contributed by atoms with E-state index in [9.17, 15) is 22.0 Å². The molecule has 2 fully saturated rings. The van der Waals surface area contributed by atoms with Gasteiger partial charge in [0, 0.05) is 37.7 Å². The van der Waals surface area contributed by atoms with Crippen LogP contribution in [0.25, 0.3) is 5.69 Å². The molecule has 1 saturated heterocycles. The van der Waals surface area contributed by atoms with Crippen LogP contribution in [0.3, 0.4) is 0 Å². The van der Waals surface area contributed by atoms with Gasteiger partial charge in [0.1, 0.15) is 17.3 Å². The highest BCUT2D eigenvalue weighted by molar-refractivity contribution is 7.88. The Morgan fingerprint density at radius 2 is 1.64 bits per heavy atom. The van der Waals surface area contributed by atoms with Gasteiger partial charge < -0.3 is 9.64 Å². The van der Waals surface area contributed by atoms with Crippen LogP contribution in [0.15, 0.2) is 59.5 Å². The maximum Gasteiger partial charge on any atom is 0.316 e. The number of ether oxygens (including phenoxy) is 1. The molecule has 0 bridgehead atoms. The van der Waals surface area contributed by atoms with E-state index in [0.717, 1.165) is 47.5 Å². The third-order valence-electron chi connectivity index (χ3n) is 6.79. The van der Waals surface area contributed by atoms with E-state index in [1.807, 2.05) is 35.2 Å². The van der Waals surface area contributed by atoms with Gasteiger partial charge in [0.15, 0.2) is 0 Å². The van der Waals surface area contributed by atoms with E-state index in [-0.39, 0.29) is 36.5 Å². The summed E-state index contributed by atoms with van der Waals surface area (Å²) < 4.78 is 60.1. The number of hydrogen-bond donors (Lipinski definition) is 0. The molecule has 0 spiro atoms. The maximum absolute atomic E-state index is 13.9. The molecule has 1 aliphatic heterocycles. The molecule has 36 heavy (non-hydrogen) atoms. The molecule has 5 rings (SSSR count). The van der Waals surface area contributed by atoms with Gasteiger partial charge in [-0.1, -0.05) is 30.3 Å². The quantitative estimate of drug-likeness (QED) is 0.480. The van der Waals surface area contributed by atoms with E-state index in [0.29, 0.717) is 18.8 Å². The second-order valence-electron chi connectivity index (χ2n) is 9.29. The van der Waals surface area contributed by atoms with Gasteiger partial charge in [-0.05, 0) is 30.5 Å². The molecule has 0 amide bonds. The molecule has 1 aliphatic carbocycles. The highest BCUT2D eigenvalue weighted by Crippen LogP contribution is 2.48. The molecule has 1 aromatic heterocycles. The number of rotatable bonds is 7. The summed E-state index contributed by atoms with van der Waals surface area (Å²) in [4.78, 5) is 15.4. The van der Waals surface area contributed by atoms with Crippen molar-refractivity contribution in [3.05, 3.63) is 82.3 Å². The first-order chi connectivity index (χ1) is 17.2. The number of halogens is 2. The van der Waals surface area contributed by atoms with Crippen molar-refractivity contribution in [2.24, 2.45) is 0 Å². The zero-order valence-corrected chi connectivity index (χ0v) is 20.5. The molecular formula is C25H26F2N4O4S. The topological polar surface area (TPSA) is 84.7 Å². The Hall–Kier alpha value is -3.31. The Labute approximate surface area is 207 Å². The molecule has 3 aromatic rings. The minimum Gasteiger partial charge on any atom is -0.485 e. The summed E-state index contributed by atoms with van der Waals surface area (Å²) >= 11 is 0. The van der Waals surface area contributed by atoms with E-state index < -0.39 is 27.2 Å². The fourth-order valence-electron chi connectivity index (χ4n) is 4.57. The van der Waals surface area contributed by atoms with Gasteiger partial charge in [-0.2, -0.15) is 14.1 Å². The van der Waals surface area contributed by atoms with E-state index in [2.05, 4.69) is 5.10 Å². The molecule has 8 nitrogen and oxygen atoms in total. The molecule has 2 aromatic carbocycles. The van der Waals surface area contributed by atoms with Crippen molar-refractivity contribution >= 4 is 15.7 Å². The van der Waals surface area contributed by atoms with Crippen LogP contribution in [0.2, 0.25) is 0 Å². The lowest BCUT2D eigenvalue weighted by Gasteiger charge is -2.35. The average molecular weight is 517 g/mol. The number of nitrogens with zero attached hydrogens (tertiary/aromatic N) is 4. The van der Waals surface area contributed by atoms with Crippen molar-refractivity contribution in [1.82, 2.24) is 14.1 Å². The van der Waals surface area contributed by atoms with E-state index >= 15 is 0 Å². The van der Waals surface area contributed by atoms with Crippen LogP contribution in [0.1, 0.15) is 18.4 Å². The smallest absolute Gasteiger partial charge is 0.316 e. The van der Waals surface area contributed by atoms with Crippen molar-refractivity contribution in [3.8, 4) is 11.4 Å². The highest BCUT2D eigenvalue weighted by atomic mass is 32.2. The van der Waals surface area contributed by atoms with Crippen molar-refractivity contribution in [1.29, 1.82) is 0 Å². The zero-order valence-electron chi connectivity index (χ0n) is 19.7. The number of hydrogen-bond acceptors (Lipinski definition) is 6. The minimum atomic E-state index is -3.33. The summed E-state index contributed by atoms with van der Waals surface area (Å²) in [6.07, 6.45) is 4.41. The third-order valence-corrected chi connectivity index (χ3v) is 8.09. The minimum absolute atomic E-state index is 0.0182. The monoisotopic (exact) mass is 516 g/mol. The molecule has 2 aliphatic rings. The normalized spacial score (nSPS) is 17.7. The lowest BCUT2D eigenvalue weighted by atomic mass is 9.97. The van der Waals surface area contributed by atoms with Crippen LogP contribution in [-0.2, 0) is 15.4 Å². The fraction of sp³-hybridized carbons (Fsp3) is 0.360. The largest absolute Gasteiger partial charge is 0.485 e. The fourth-order valence-corrected chi connectivity index (χ4v) is 5.39. The number of sulfonamides is 1. The summed E-state index contributed by atoms with van der Waals surface area (Å²) in [5.74, 6) is -1.64. The van der Waals surface area contributed by atoms with E-state index in [1.54, 1.807) is 0 Å². The molecule has 2 heterocycles. The van der Waals surface area contributed by atoms with Gasteiger partial charge in [0.05, 0.1) is 24.7 Å². The van der Waals surface area contributed by atoms with E-state index in [4.69, 9.17) is 4.74 Å². The van der Waals surface area contributed by atoms with Crippen LogP contribution in [0.5, 0.6) is 5.75 Å². The second kappa shape index (κ2) is 9.29. The SMILES string of the molecule is CS(=O)(=O)N1CCN(c2cnn(-c3cc(F)cc(F)c3)c(=O)c2OCC2(c3ccccc3)CC2)CC1. The van der Waals surface area contributed by atoms with Crippen molar-refractivity contribution in [2.45, 2.75) is 18.3 Å². The van der Waals surface area contributed by atoms with Gasteiger partial charge in [-0.25, -0.2) is 17.2 Å². The van der Waals surface area contributed by atoms with Crippen LogP contribution in [-0.4, -0.2) is 61.5 Å². The first kappa shape index (κ1) is 24.4. The van der Waals surface area contributed by atoms with Crippen LogP contribution in [0.4, 0.5) is 14.5 Å². The number of aromatic nitrogens is 2. The first-order valence-electron chi connectivity index (χ1n) is 11.6. The number of anilines is 1. The molecule has 11 heteroatoms. The van der Waals surface area contributed by atoms with Crippen molar-refractivity contribution < 1.29 is 21.9 Å². The Morgan fingerprint density at radius 3 is 2.22 bits per heavy atom. The lowest BCUT2D eigenvalue weighted by Crippen LogP contribution is -2.49. The number of benzene rings is 2. The molecule has 0 N–H and O–H groups in total. The summed E-state index contributed by atoms with van der Waals surface area (Å²) in [6.45, 7) is 1.44. The predicted molar refractivity (Wildman–Crippen MR) is 131 cm³/mol. The van der Waals surface area contributed by atoms with Crippen molar-refractivity contribution in [3.63, 3.8) is 0 Å². The first-order valence-corrected chi connectivity index (χ1v) is 13.5. The average Bonchev–Trinajstić information content (AvgIpc) is 3.64. The second-order valence-corrected chi connectivity index (χ2v) is 11.3. The van der Waals surface area contributed by atoms with Crippen molar-refractivity contribution in [2.75, 3.05) is 43.9 Å². The molecule has 0 unspecified atom stereocenters. The van der Waals surface area contributed by atoms with Crippen LogP contribution in [0, 0.1) is 11.6 Å². The predicted octanol–water partition coefficient (Wildman–Crippen LogP) is 2.70. The number of piperazine rings is 1. The maximum atomic E-state index is 13.9. The van der Waals surface area contributed by atoms with Gasteiger partial charge in [-0.3, -0.25) is 4.79 Å². The molecular weight excluding hydrogens is 490 g/mol. The Bertz CT molecular complexity index is 1410. The lowest BCUT2D eigenvalue weighted by molar-refractivity contribution is 0.272. The third kappa shape index (κ3) is 4.85. The Kier molecular flexibility index (Phi) is 6.29. The summed E-state index contributed by atoms with van der Waals surface area (Å²) in [5.41, 5.74) is 0.630.